The van der Waals surface area contributed by atoms with Gasteiger partial charge in [0.05, 0.1) is 18.4 Å². The first-order valence-corrected chi connectivity index (χ1v) is 17.9. The zero-order valence-electron chi connectivity index (χ0n) is 31.6. The topological polar surface area (TPSA) is 188 Å². The van der Waals surface area contributed by atoms with Gasteiger partial charge in [-0.2, -0.15) is 8.78 Å². The molecule has 302 valence electrons. The number of alkyl halides is 2. The molecule has 6 atom stereocenters. The van der Waals surface area contributed by atoms with Crippen LogP contribution in [-0.2, 0) is 54.9 Å². The van der Waals surface area contributed by atoms with Crippen LogP contribution in [0.1, 0.15) is 82.7 Å². The number of carbonyl (C=O) groups is 4. The lowest BCUT2D eigenvalue weighted by atomic mass is 9.86. The van der Waals surface area contributed by atoms with Gasteiger partial charge in [0.2, 0.25) is 18.3 Å². The molecular formula is C39H44F2N2O13. The Hall–Kier alpha value is -5.42. The summed E-state index contributed by atoms with van der Waals surface area (Å²) in [6.07, 6.45) is -2.96. The third-order valence-corrected chi connectivity index (χ3v) is 8.61. The SMILES string of the molecule is CCOC(=O)C1O[C@@H](Oc2ccc(C[C@H](c3ccc(C(C)(C)O)nc3)c3ccc(OC(F)F)c(OC4CC4)c3)cn2)[C@H](OC(C)=O)C(OC(C)=O)[C@@H]1OC(C)=O. The molecule has 2 unspecified atom stereocenters. The fraction of sp³-hybridized carbons (Fsp3) is 0.487. The molecule has 3 aromatic rings. The number of rotatable bonds is 16. The second kappa shape index (κ2) is 18.0. The van der Waals surface area contributed by atoms with Gasteiger partial charge in [-0.3, -0.25) is 19.4 Å². The first kappa shape index (κ1) is 41.7. The molecular weight excluding hydrogens is 742 g/mol. The lowest BCUT2D eigenvalue weighted by molar-refractivity contribution is -0.283. The van der Waals surface area contributed by atoms with Crippen LogP contribution in [0.15, 0.2) is 54.9 Å². The third-order valence-electron chi connectivity index (χ3n) is 8.61. The summed E-state index contributed by atoms with van der Waals surface area (Å²) in [5.41, 5.74) is 1.37. The summed E-state index contributed by atoms with van der Waals surface area (Å²) in [6.45, 7) is 4.92. The molecule has 2 fully saturated rings. The number of hydrogen-bond acceptors (Lipinski definition) is 15. The second-order valence-electron chi connectivity index (χ2n) is 13.7. The van der Waals surface area contributed by atoms with E-state index in [1.54, 1.807) is 51.2 Å². The lowest BCUT2D eigenvalue weighted by Crippen LogP contribution is -2.64. The van der Waals surface area contributed by atoms with Crippen molar-refractivity contribution in [1.29, 1.82) is 0 Å². The normalized spacial score (nSPS) is 21.4. The van der Waals surface area contributed by atoms with Crippen molar-refractivity contribution >= 4 is 23.9 Å². The molecule has 2 aliphatic rings. The van der Waals surface area contributed by atoms with Crippen molar-refractivity contribution in [2.24, 2.45) is 0 Å². The van der Waals surface area contributed by atoms with Crippen molar-refractivity contribution in [1.82, 2.24) is 9.97 Å². The minimum atomic E-state index is -3.05. The zero-order chi connectivity index (χ0) is 40.7. The average Bonchev–Trinajstić information content (AvgIpc) is 3.94. The fourth-order valence-corrected chi connectivity index (χ4v) is 6.03. The molecule has 1 saturated carbocycles. The summed E-state index contributed by atoms with van der Waals surface area (Å²) in [5, 5.41) is 10.5. The maximum atomic E-state index is 13.3. The van der Waals surface area contributed by atoms with Crippen LogP contribution in [0, 0.1) is 0 Å². The molecule has 56 heavy (non-hydrogen) atoms. The Bertz CT molecular complexity index is 1850. The first-order valence-electron chi connectivity index (χ1n) is 17.9. The molecule has 1 saturated heterocycles. The molecule has 0 radical (unpaired) electrons. The molecule has 2 aromatic heterocycles. The molecule has 0 bridgehead atoms. The standard InChI is InChI=1S/C39H44F2N2O13/c1-7-49-36(47)34-32(50-20(2)44)33(51-21(3)45)35(52-22(4)46)37(56-34)55-31-15-8-23(18-43-31)16-27(25-10-14-30(42-19-25)39(5,6)48)24-9-13-28(54-38(40)41)29(17-24)53-26-11-12-26/h8-10,13-15,17-19,26-27,32-35,37-38,48H,7,11-12,16H2,1-6H3/t27-,32-,33?,34?,35+,37+/m0/s1. The maximum absolute atomic E-state index is 13.3. The largest absolute Gasteiger partial charge is 0.487 e. The number of benzene rings is 1. The Kier molecular flexibility index (Phi) is 13.4. The number of pyridine rings is 2. The molecule has 0 spiro atoms. The van der Waals surface area contributed by atoms with Crippen molar-refractivity contribution in [2.45, 2.75) is 116 Å². The van der Waals surface area contributed by atoms with Crippen molar-refractivity contribution in [3.05, 3.63) is 77.2 Å². The third kappa shape index (κ3) is 11.1. The zero-order valence-corrected chi connectivity index (χ0v) is 31.6. The second-order valence-corrected chi connectivity index (χ2v) is 13.7. The van der Waals surface area contributed by atoms with Crippen LogP contribution in [0.4, 0.5) is 8.78 Å². The van der Waals surface area contributed by atoms with E-state index in [1.807, 2.05) is 6.07 Å². The van der Waals surface area contributed by atoms with Gasteiger partial charge in [0.25, 0.3) is 0 Å². The highest BCUT2D eigenvalue weighted by Gasteiger charge is 2.56. The van der Waals surface area contributed by atoms with Crippen LogP contribution in [-0.4, -0.2) is 89.0 Å². The van der Waals surface area contributed by atoms with E-state index in [2.05, 4.69) is 9.97 Å². The monoisotopic (exact) mass is 786 g/mol. The number of nitrogens with zero attached hydrogens (tertiary/aromatic N) is 2. The van der Waals surface area contributed by atoms with Crippen molar-refractivity contribution in [2.75, 3.05) is 6.61 Å². The molecule has 15 nitrogen and oxygen atoms in total. The molecule has 0 amide bonds. The van der Waals surface area contributed by atoms with Crippen molar-refractivity contribution < 1.29 is 71.0 Å². The van der Waals surface area contributed by atoms with Crippen LogP contribution in [0.5, 0.6) is 17.4 Å². The lowest BCUT2D eigenvalue weighted by Gasteiger charge is -2.42. The number of ether oxygens (including phenoxy) is 8. The van der Waals surface area contributed by atoms with E-state index in [1.165, 1.54) is 18.3 Å². The number of esters is 4. The molecule has 1 aliphatic carbocycles. The number of hydrogen-bond donors (Lipinski definition) is 1. The van der Waals surface area contributed by atoms with Crippen LogP contribution in [0.3, 0.4) is 0 Å². The van der Waals surface area contributed by atoms with Gasteiger partial charge in [-0.15, -0.1) is 0 Å². The van der Waals surface area contributed by atoms with Gasteiger partial charge in [0, 0.05) is 45.1 Å². The van der Waals surface area contributed by atoms with Crippen LogP contribution in [0.25, 0.3) is 0 Å². The van der Waals surface area contributed by atoms with Gasteiger partial charge in [0.1, 0.15) is 5.60 Å². The van der Waals surface area contributed by atoms with Gasteiger partial charge < -0.3 is 43.0 Å². The Morgan fingerprint density at radius 2 is 1.50 bits per heavy atom. The molecule has 1 aliphatic heterocycles. The van der Waals surface area contributed by atoms with Crippen LogP contribution < -0.4 is 14.2 Å². The molecule has 3 heterocycles. The summed E-state index contributed by atoms with van der Waals surface area (Å²) < 4.78 is 70.4. The summed E-state index contributed by atoms with van der Waals surface area (Å²) in [4.78, 5) is 58.4. The van der Waals surface area contributed by atoms with E-state index < -0.39 is 72.7 Å². The van der Waals surface area contributed by atoms with Gasteiger partial charge in [-0.05, 0) is 74.9 Å². The first-order chi connectivity index (χ1) is 26.5. The molecule has 5 rings (SSSR count). The number of carbonyl (C=O) groups excluding carboxylic acids is 4. The van der Waals surface area contributed by atoms with Crippen LogP contribution >= 0.6 is 0 Å². The number of halogens is 2. The van der Waals surface area contributed by atoms with Gasteiger partial charge >= 0.3 is 30.5 Å². The average molecular weight is 787 g/mol. The van der Waals surface area contributed by atoms with E-state index in [0.29, 0.717) is 23.2 Å². The molecule has 1 aromatic carbocycles. The quantitative estimate of drug-likeness (QED) is 0.156. The summed E-state index contributed by atoms with van der Waals surface area (Å²) in [6, 6.07) is 11.5. The van der Waals surface area contributed by atoms with Crippen LogP contribution in [0.2, 0.25) is 0 Å². The number of aliphatic hydroxyl groups is 1. The highest BCUT2D eigenvalue weighted by atomic mass is 19.3. The Morgan fingerprint density at radius 3 is 2.05 bits per heavy atom. The van der Waals surface area contributed by atoms with Gasteiger partial charge in [-0.1, -0.05) is 18.2 Å². The Labute approximate surface area is 321 Å². The Balaban J connectivity index is 1.46. The van der Waals surface area contributed by atoms with Crippen molar-refractivity contribution in [3.8, 4) is 17.4 Å². The number of aromatic nitrogens is 2. The highest BCUT2D eigenvalue weighted by Crippen LogP contribution is 2.39. The summed E-state index contributed by atoms with van der Waals surface area (Å²) in [7, 11) is 0. The maximum Gasteiger partial charge on any atom is 0.387 e. The van der Waals surface area contributed by atoms with Gasteiger partial charge in [-0.25, -0.2) is 9.78 Å². The summed E-state index contributed by atoms with van der Waals surface area (Å²) >= 11 is 0. The van der Waals surface area contributed by atoms with Crippen molar-refractivity contribution in [3.63, 3.8) is 0 Å². The van der Waals surface area contributed by atoms with E-state index in [-0.39, 0.29) is 30.1 Å². The van der Waals surface area contributed by atoms with E-state index in [0.717, 1.165) is 39.2 Å². The highest BCUT2D eigenvalue weighted by molar-refractivity contribution is 5.77. The fourth-order valence-electron chi connectivity index (χ4n) is 6.03. The Morgan fingerprint density at radius 1 is 0.839 bits per heavy atom. The predicted octanol–water partition coefficient (Wildman–Crippen LogP) is 4.68. The molecule has 17 heteroatoms. The predicted molar refractivity (Wildman–Crippen MR) is 189 cm³/mol. The minimum Gasteiger partial charge on any atom is -0.487 e. The van der Waals surface area contributed by atoms with E-state index in [9.17, 15) is 33.1 Å². The minimum absolute atomic E-state index is 0.0487. The van der Waals surface area contributed by atoms with Gasteiger partial charge in [0.15, 0.2) is 29.8 Å². The molecule has 1 N–H and O–H groups in total. The van der Waals surface area contributed by atoms with E-state index in [4.69, 9.17) is 37.9 Å². The summed E-state index contributed by atoms with van der Waals surface area (Å²) in [5.74, 6) is -3.83. The van der Waals surface area contributed by atoms with E-state index >= 15 is 0 Å². The smallest absolute Gasteiger partial charge is 0.387 e.